The van der Waals surface area contributed by atoms with Crippen LogP contribution < -0.4 is 25.9 Å². The van der Waals surface area contributed by atoms with Crippen LogP contribution in [0.2, 0.25) is 0 Å². The Morgan fingerprint density at radius 3 is 2.59 bits per heavy atom. The summed E-state index contributed by atoms with van der Waals surface area (Å²) in [5.41, 5.74) is 1.94. The van der Waals surface area contributed by atoms with Gasteiger partial charge in [0.15, 0.2) is 12.0 Å². The number of amidine groups is 2. The first-order valence-electron chi connectivity index (χ1n) is 10.9. The maximum Gasteiger partial charge on any atom is 0.461 e. The third-order valence-electron chi connectivity index (χ3n) is 4.79. The summed E-state index contributed by atoms with van der Waals surface area (Å²) in [6.07, 6.45) is 4.59. The molecule has 1 aliphatic rings. The Morgan fingerprint density at radius 2 is 1.94 bits per heavy atom. The lowest BCUT2D eigenvalue weighted by Crippen LogP contribution is -2.47. The number of rotatable bonds is 7. The van der Waals surface area contributed by atoms with Gasteiger partial charge in [-0.2, -0.15) is 0 Å². The lowest BCUT2D eigenvalue weighted by atomic mass is 10.1. The first kappa shape index (κ1) is 23.2. The summed E-state index contributed by atoms with van der Waals surface area (Å²) in [7, 11) is 1.87. The molecular formula is C25H31N5O2+2. The molecular weight excluding hydrogens is 402 g/mol. The minimum atomic E-state index is 0.0445. The monoisotopic (exact) mass is 433 g/mol. The van der Waals surface area contributed by atoms with Gasteiger partial charge in [-0.25, -0.2) is 0 Å². The maximum atomic E-state index is 13.3. The molecule has 0 spiro atoms. The molecule has 7 nitrogen and oxygen atoms in total. The molecule has 3 rings (SSSR count). The maximum absolute atomic E-state index is 13.3. The molecule has 0 radical (unpaired) electrons. The van der Waals surface area contributed by atoms with Crippen molar-refractivity contribution < 1.29 is 14.9 Å². The van der Waals surface area contributed by atoms with Crippen molar-refractivity contribution in [2.75, 3.05) is 13.7 Å². The van der Waals surface area contributed by atoms with Crippen LogP contribution in [0.1, 0.15) is 32.8 Å². The van der Waals surface area contributed by atoms with Crippen LogP contribution in [0.4, 0.5) is 5.69 Å². The van der Waals surface area contributed by atoms with Gasteiger partial charge in [-0.15, -0.1) is 0 Å². The quantitative estimate of drug-likeness (QED) is 0.648. The minimum absolute atomic E-state index is 0.0445. The molecule has 0 aliphatic carbocycles. The number of ether oxygens (including phenoxy) is 1. The van der Waals surface area contributed by atoms with Gasteiger partial charge >= 0.3 is 11.7 Å². The molecule has 166 valence electrons. The summed E-state index contributed by atoms with van der Waals surface area (Å²) in [5, 5.41) is 11.1. The topological polar surface area (TPSA) is 91.7 Å². The second-order valence-corrected chi connectivity index (χ2v) is 7.97. The smallest absolute Gasteiger partial charge is 0.461 e. The second-order valence-electron chi connectivity index (χ2n) is 7.97. The van der Waals surface area contributed by atoms with Gasteiger partial charge < -0.3 is 10.1 Å². The van der Waals surface area contributed by atoms with Crippen LogP contribution in [-0.4, -0.2) is 36.3 Å². The van der Waals surface area contributed by atoms with Crippen molar-refractivity contribution in [2.45, 2.75) is 33.7 Å². The molecule has 32 heavy (non-hydrogen) atoms. The Bertz CT molecular complexity index is 1170. The van der Waals surface area contributed by atoms with Gasteiger partial charge in [0.1, 0.15) is 0 Å². The van der Waals surface area contributed by atoms with E-state index in [9.17, 15) is 4.91 Å². The molecule has 2 aromatic carbocycles. The molecule has 0 bridgehead atoms. The van der Waals surface area contributed by atoms with Crippen LogP contribution in [0, 0.1) is 10.8 Å². The van der Waals surface area contributed by atoms with E-state index in [0.717, 1.165) is 22.4 Å². The van der Waals surface area contributed by atoms with Crippen LogP contribution in [0.5, 0.6) is 5.75 Å². The van der Waals surface area contributed by atoms with Crippen LogP contribution in [0.15, 0.2) is 52.4 Å². The van der Waals surface area contributed by atoms with Crippen molar-refractivity contribution in [2.24, 2.45) is 15.9 Å². The summed E-state index contributed by atoms with van der Waals surface area (Å²) in [4.78, 5) is 22.1. The van der Waals surface area contributed by atoms with E-state index in [0.29, 0.717) is 41.0 Å². The molecule has 0 unspecified atom stereocenters. The normalized spacial score (nSPS) is 13.3. The zero-order chi connectivity index (χ0) is 23.1. The van der Waals surface area contributed by atoms with Crippen molar-refractivity contribution in [1.82, 2.24) is 5.32 Å². The zero-order valence-electron chi connectivity index (χ0n) is 19.1. The van der Waals surface area contributed by atoms with E-state index in [1.54, 1.807) is 12.3 Å². The van der Waals surface area contributed by atoms with Gasteiger partial charge in [0.25, 0.3) is 0 Å². The van der Waals surface area contributed by atoms with E-state index in [2.05, 4.69) is 35.2 Å². The van der Waals surface area contributed by atoms with Crippen molar-refractivity contribution in [3.8, 4) is 5.75 Å². The highest BCUT2D eigenvalue weighted by Crippen LogP contribution is 2.29. The zero-order valence-corrected chi connectivity index (χ0v) is 19.1. The van der Waals surface area contributed by atoms with Gasteiger partial charge in [0.2, 0.25) is 11.4 Å². The molecule has 1 heterocycles. The number of hydrogen-bond donors (Lipinski definition) is 2. The largest absolute Gasteiger partial charge is 0.489 e. The molecule has 0 saturated heterocycles. The highest BCUT2D eigenvalue weighted by Gasteiger charge is 2.37. The molecule has 0 saturated carbocycles. The predicted molar refractivity (Wildman–Crippen MR) is 130 cm³/mol. The van der Waals surface area contributed by atoms with Gasteiger partial charge in [-0.05, 0) is 64.4 Å². The summed E-state index contributed by atoms with van der Waals surface area (Å²) in [6, 6.07) is 13.5. The number of nitroso groups, excluding NO2 is 1. The minimum Gasteiger partial charge on any atom is -0.489 e. The Labute approximate surface area is 188 Å². The van der Waals surface area contributed by atoms with Gasteiger partial charge in [0.05, 0.1) is 6.61 Å². The van der Waals surface area contributed by atoms with Crippen molar-refractivity contribution in [3.05, 3.63) is 63.4 Å². The number of nitrogens with one attached hydrogen (secondary N) is 1. The van der Waals surface area contributed by atoms with Gasteiger partial charge in [0, 0.05) is 16.5 Å². The summed E-state index contributed by atoms with van der Waals surface area (Å²) < 4.78 is 6.55. The van der Waals surface area contributed by atoms with Crippen LogP contribution >= 0.6 is 0 Å². The average molecular weight is 434 g/mol. The van der Waals surface area contributed by atoms with E-state index in [1.165, 1.54) is 0 Å². The third-order valence-corrected chi connectivity index (χ3v) is 4.79. The first-order chi connectivity index (χ1) is 15.4. The molecule has 0 amide bonds. The molecule has 0 atom stereocenters. The lowest BCUT2D eigenvalue weighted by molar-refractivity contribution is -0.331. The fourth-order valence-corrected chi connectivity index (χ4v) is 3.31. The van der Waals surface area contributed by atoms with E-state index in [-0.39, 0.29) is 11.7 Å². The Kier molecular flexibility index (Phi) is 7.78. The first-order valence-corrected chi connectivity index (χ1v) is 10.9. The number of hydrogen-bond acceptors (Lipinski definition) is 4. The number of aliphatic imine (C=N–C) groups is 2. The number of benzene rings is 2. The summed E-state index contributed by atoms with van der Waals surface area (Å²) in [5.74, 6) is 1.06. The third kappa shape index (κ3) is 5.62. The lowest BCUT2D eigenvalue weighted by Gasteiger charge is -2.09. The fourth-order valence-electron chi connectivity index (χ4n) is 3.31. The molecule has 2 aromatic rings. The molecule has 1 aliphatic heterocycles. The summed E-state index contributed by atoms with van der Waals surface area (Å²) >= 11 is 0. The van der Waals surface area contributed by atoms with Crippen molar-refractivity contribution in [3.63, 3.8) is 0 Å². The molecule has 0 aromatic heterocycles. The fraction of sp³-hybridized carbons (Fsp3) is 0.320. The van der Waals surface area contributed by atoms with E-state index in [1.807, 2.05) is 50.4 Å². The van der Waals surface area contributed by atoms with Crippen molar-refractivity contribution in [1.29, 1.82) is 0 Å². The Balaban J connectivity index is 2.02. The second kappa shape index (κ2) is 10.7. The SMILES string of the molecule is CCCOc1cc(CNC)ccc1[N+](=O)C1=NC(=c2ccc(=CC(C)C)cc2)C=NC1=[NH2+]. The van der Waals surface area contributed by atoms with Gasteiger partial charge in [-0.1, -0.05) is 50.0 Å². The Morgan fingerprint density at radius 1 is 1.19 bits per heavy atom. The van der Waals surface area contributed by atoms with Crippen molar-refractivity contribution >= 4 is 35.3 Å². The van der Waals surface area contributed by atoms with Gasteiger partial charge in [-0.3, -0.25) is 5.41 Å². The van der Waals surface area contributed by atoms with Crippen LogP contribution in [-0.2, 0) is 6.54 Å². The molecule has 7 heteroatoms. The highest BCUT2D eigenvalue weighted by molar-refractivity contribution is 6.40. The molecule has 0 fully saturated rings. The highest BCUT2D eigenvalue weighted by atomic mass is 16.5. The van der Waals surface area contributed by atoms with Crippen LogP contribution in [0.25, 0.3) is 11.8 Å². The Hall–Kier alpha value is -3.45. The van der Waals surface area contributed by atoms with E-state index < -0.39 is 0 Å². The molecule has 3 N–H and O–H groups in total. The summed E-state index contributed by atoms with van der Waals surface area (Å²) in [6.45, 7) is 7.47. The average Bonchev–Trinajstić information content (AvgIpc) is 2.78. The van der Waals surface area contributed by atoms with E-state index in [4.69, 9.17) is 10.1 Å². The predicted octanol–water partition coefficient (Wildman–Crippen LogP) is 1.49. The van der Waals surface area contributed by atoms with Crippen LogP contribution in [0.3, 0.4) is 0 Å². The number of nitrogens with zero attached hydrogens (tertiary/aromatic N) is 3. The van der Waals surface area contributed by atoms with E-state index >= 15 is 0 Å². The standard InChI is InChI=1S/C25H30N5O2/c1-5-12-32-23-14-19(15-27-4)8-11-22(23)30(31)25-24(26)28-16-21(29-25)20-9-6-18(7-10-20)13-17(2)3/h6-11,13-14,16-17,26-27H,5,12,15H2,1-4H3/q+1/p+1. The number of nitrogens with two attached hydrogens (primary N) is 1.